The number of hydrogen-bond acceptors (Lipinski definition) is 2. The number of halogens is 3. The first-order valence-corrected chi connectivity index (χ1v) is 6.24. The molecule has 0 saturated carbocycles. The van der Waals surface area contributed by atoms with E-state index < -0.39 is 23.1 Å². The van der Waals surface area contributed by atoms with E-state index in [-0.39, 0.29) is 12.1 Å². The molecule has 0 aromatic heterocycles. The first-order valence-electron chi connectivity index (χ1n) is 6.24. The van der Waals surface area contributed by atoms with Crippen LogP contribution in [0.1, 0.15) is 31.4 Å². The van der Waals surface area contributed by atoms with Gasteiger partial charge in [-0.1, -0.05) is 18.2 Å². The third kappa shape index (κ3) is 4.52. The van der Waals surface area contributed by atoms with E-state index in [1.54, 1.807) is 19.9 Å². The Morgan fingerprint density at radius 2 is 1.85 bits per heavy atom. The molecule has 112 valence electrons. The summed E-state index contributed by atoms with van der Waals surface area (Å²) in [5.41, 5.74) is -1.39. The van der Waals surface area contributed by atoms with Gasteiger partial charge in [0, 0.05) is 6.54 Å². The third-order valence-corrected chi connectivity index (χ3v) is 3.14. The van der Waals surface area contributed by atoms with Crippen LogP contribution in [-0.2, 0) is 17.5 Å². The zero-order valence-electron chi connectivity index (χ0n) is 11.4. The van der Waals surface area contributed by atoms with Gasteiger partial charge in [-0.05, 0) is 38.4 Å². The summed E-state index contributed by atoms with van der Waals surface area (Å²) in [7, 11) is 0. The van der Waals surface area contributed by atoms with Crippen LogP contribution in [-0.4, -0.2) is 17.6 Å². The largest absolute Gasteiger partial charge is 0.481 e. The van der Waals surface area contributed by atoms with Crippen LogP contribution in [0.4, 0.5) is 13.2 Å². The fourth-order valence-electron chi connectivity index (χ4n) is 1.68. The summed E-state index contributed by atoms with van der Waals surface area (Å²) in [5.74, 6) is -0.921. The first kappa shape index (κ1) is 16.5. The summed E-state index contributed by atoms with van der Waals surface area (Å²) in [6.45, 7) is 3.57. The molecule has 2 N–H and O–H groups in total. The lowest BCUT2D eigenvalue weighted by Crippen LogP contribution is -2.29. The topological polar surface area (TPSA) is 49.3 Å². The predicted octanol–water partition coefficient (Wildman–Crippen LogP) is 3.30. The minimum absolute atomic E-state index is 0.0609. The molecule has 0 spiro atoms. The van der Waals surface area contributed by atoms with Gasteiger partial charge in [0.1, 0.15) is 0 Å². The molecule has 0 aliphatic carbocycles. The van der Waals surface area contributed by atoms with Gasteiger partial charge >= 0.3 is 12.1 Å². The maximum atomic E-state index is 12.7. The number of aliphatic carboxylic acids is 1. The number of carboxylic acid groups (broad SMARTS) is 1. The number of benzene rings is 1. The van der Waals surface area contributed by atoms with E-state index in [2.05, 4.69) is 5.32 Å². The fraction of sp³-hybridized carbons (Fsp3) is 0.500. The van der Waals surface area contributed by atoms with E-state index in [1.807, 2.05) is 0 Å². The molecule has 20 heavy (non-hydrogen) atoms. The zero-order chi connectivity index (χ0) is 15.4. The van der Waals surface area contributed by atoms with Crippen molar-refractivity contribution in [2.75, 3.05) is 6.54 Å². The molecule has 0 saturated heterocycles. The van der Waals surface area contributed by atoms with Crippen molar-refractivity contribution >= 4 is 5.97 Å². The van der Waals surface area contributed by atoms with Crippen LogP contribution in [0.25, 0.3) is 0 Å². The Morgan fingerprint density at radius 1 is 1.25 bits per heavy atom. The van der Waals surface area contributed by atoms with E-state index in [0.717, 1.165) is 6.07 Å². The van der Waals surface area contributed by atoms with Crippen molar-refractivity contribution in [1.82, 2.24) is 5.32 Å². The minimum Gasteiger partial charge on any atom is -0.481 e. The molecule has 0 aliphatic heterocycles. The molecule has 0 unspecified atom stereocenters. The van der Waals surface area contributed by atoms with E-state index in [0.29, 0.717) is 13.0 Å². The van der Waals surface area contributed by atoms with Gasteiger partial charge in [0.25, 0.3) is 0 Å². The predicted molar refractivity (Wildman–Crippen MR) is 69.2 cm³/mol. The van der Waals surface area contributed by atoms with Gasteiger partial charge in [0.05, 0.1) is 11.0 Å². The first-order chi connectivity index (χ1) is 9.14. The second-order valence-electron chi connectivity index (χ2n) is 5.27. The van der Waals surface area contributed by atoms with Gasteiger partial charge in [-0.25, -0.2) is 0 Å². The van der Waals surface area contributed by atoms with Crippen molar-refractivity contribution in [1.29, 1.82) is 0 Å². The van der Waals surface area contributed by atoms with Gasteiger partial charge in [-0.15, -0.1) is 0 Å². The average Bonchev–Trinajstić information content (AvgIpc) is 2.34. The maximum absolute atomic E-state index is 12.7. The van der Waals surface area contributed by atoms with Crippen molar-refractivity contribution in [2.45, 2.75) is 33.0 Å². The number of alkyl halides is 3. The number of carbonyl (C=O) groups is 1. The normalized spacial score (nSPS) is 12.4. The SMILES string of the molecule is CC(C)(CCNCc1ccccc1C(F)(F)F)C(=O)O. The number of rotatable bonds is 6. The Morgan fingerprint density at radius 3 is 2.40 bits per heavy atom. The van der Waals surface area contributed by atoms with E-state index in [4.69, 9.17) is 5.11 Å². The number of nitrogens with one attached hydrogen (secondary N) is 1. The lowest BCUT2D eigenvalue weighted by molar-refractivity contribution is -0.147. The fourth-order valence-corrected chi connectivity index (χ4v) is 1.68. The summed E-state index contributed by atoms with van der Waals surface area (Å²) >= 11 is 0. The van der Waals surface area contributed by atoms with Gasteiger partial charge in [0.2, 0.25) is 0 Å². The molecule has 0 aliphatic rings. The summed E-state index contributed by atoms with van der Waals surface area (Å²) in [4.78, 5) is 10.9. The van der Waals surface area contributed by atoms with Crippen LogP contribution in [0.5, 0.6) is 0 Å². The monoisotopic (exact) mass is 289 g/mol. The molecule has 0 fully saturated rings. The molecule has 1 aromatic rings. The Bertz CT molecular complexity index is 470. The molecule has 0 radical (unpaired) electrons. The zero-order valence-corrected chi connectivity index (χ0v) is 11.4. The standard InChI is InChI=1S/C14H18F3NO2/c1-13(2,12(19)20)7-8-18-9-10-5-3-4-6-11(10)14(15,16)17/h3-6,18H,7-9H2,1-2H3,(H,19,20). The van der Waals surface area contributed by atoms with Crippen molar-refractivity contribution in [3.63, 3.8) is 0 Å². The molecule has 0 amide bonds. The highest BCUT2D eigenvalue weighted by Gasteiger charge is 2.32. The number of carboxylic acids is 1. The van der Waals surface area contributed by atoms with Crippen LogP contribution in [0.15, 0.2) is 24.3 Å². The van der Waals surface area contributed by atoms with E-state index >= 15 is 0 Å². The summed E-state index contributed by atoms with van der Waals surface area (Å²) < 4.78 is 38.2. The molecule has 0 heterocycles. The lowest BCUT2D eigenvalue weighted by Gasteiger charge is -2.19. The number of hydrogen-bond donors (Lipinski definition) is 2. The highest BCUT2D eigenvalue weighted by Crippen LogP contribution is 2.31. The van der Waals surface area contributed by atoms with Crippen molar-refractivity contribution in [3.8, 4) is 0 Å². The molecular formula is C14H18F3NO2. The van der Waals surface area contributed by atoms with E-state index in [1.165, 1.54) is 12.1 Å². The smallest absolute Gasteiger partial charge is 0.416 e. The quantitative estimate of drug-likeness (QED) is 0.790. The summed E-state index contributed by atoms with van der Waals surface area (Å²) in [5, 5.41) is 11.8. The maximum Gasteiger partial charge on any atom is 0.416 e. The molecule has 3 nitrogen and oxygen atoms in total. The van der Waals surface area contributed by atoms with Crippen LogP contribution in [0.2, 0.25) is 0 Å². The van der Waals surface area contributed by atoms with Crippen LogP contribution >= 0.6 is 0 Å². The second-order valence-corrected chi connectivity index (χ2v) is 5.27. The molecule has 1 rings (SSSR count). The molecule has 1 aromatic carbocycles. The molecule has 0 bridgehead atoms. The van der Waals surface area contributed by atoms with Crippen LogP contribution < -0.4 is 5.32 Å². The Kier molecular flexibility index (Phi) is 5.16. The summed E-state index contributed by atoms with van der Waals surface area (Å²) in [6.07, 6.45) is -4.03. The lowest BCUT2D eigenvalue weighted by atomic mass is 9.89. The van der Waals surface area contributed by atoms with Crippen molar-refractivity contribution in [3.05, 3.63) is 35.4 Å². The van der Waals surface area contributed by atoms with E-state index in [9.17, 15) is 18.0 Å². The van der Waals surface area contributed by atoms with Gasteiger partial charge < -0.3 is 10.4 Å². The second kappa shape index (κ2) is 6.26. The van der Waals surface area contributed by atoms with Gasteiger partial charge in [0.15, 0.2) is 0 Å². The highest BCUT2D eigenvalue weighted by atomic mass is 19.4. The minimum atomic E-state index is -4.38. The summed E-state index contributed by atoms with van der Waals surface area (Å²) in [6, 6.07) is 5.35. The average molecular weight is 289 g/mol. The van der Waals surface area contributed by atoms with Gasteiger partial charge in [-0.3, -0.25) is 4.79 Å². The Balaban J connectivity index is 2.58. The third-order valence-electron chi connectivity index (χ3n) is 3.14. The highest BCUT2D eigenvalue weighted by molar-refractivity contribution is 5.73. The molecule has 0 atom stereocenters. The Hall–Kier alpha value is -1.56. The van der Waals surface area contributed by atoms with Crippen LogP contribution in [0.3, 0.4) is 0 Å². The van der Waals surface area contributed by atoms with Crippen molar-refractivity contribution < 1.29 is 23.1 Å². The van der Waals surface area contributed by atoms with Crippen LogP contribution in [0, 0.1) is 5.41 Å². The molecular weight excluding hydrogens is 271 g/mol. The van der Waals surface area contributed by atoms with Gasteiger partial charge in [-0.2, -0.15) is 13.2 Å². The molecule has 6 heteroatoms. The van der Waals surface area contributed by atoms with Crippen molar-refractivity contribution in [2.24, 2.45) is 5.41 Å². The Labute approximate surface area is 115 Å².